The molecule has 6 aromatic rings. The number of amides is 3. The van der Waals surface area contributed by atoms with Gasteiger partial charge >= 0.3 is 56.0 Å². The SMILES string of the molecule is CB=O.CB=O.CB=O.Cc1cc(Nc2ccncn2)c(=O)n2c1C(=O)NC2(C)C.Cc1cc(Nc2ccncn2)c(=O)n2c1C(=O)NC2(C)C.Cc1cc(Nc2ccncn2)c(=O)n2c1C(=O)NC2(C)C. The molecule has 9 heterocycles. The number of pyridine rings is 3. The molecule has 0 atom stereocenters. The van der Waals surface area contributed by atoms with Crippen LogP contribution in [0.3, 0.4) is 0 Å². The number of rotatable bonds is 6. The first-order chi connectivity index (χ1) is 33.9. The van der Waals surface area contributed by atoms with Gasteiger partial charge in [0.05, 0.1) is 0 Å². The Morgan fingerprint density at radius 2 is 0.667 bits per heavy atom. The van der Waals surface area contributed by atoms with Gasteiger partial charge in [0.1, 0.15) is 87.6 Å². The van der Waals surface area contributed by atoms with Gasteiger partial charge in [-0.2, -0.15) is 0 Å². The molecule has 6 N–H and O–H groups in total. The van der Waals surface area contributed by atoms with E-state index in [0.29, 0.717) is 51.6 Å². The first-order valence-corrected chi connectivity index (χ1v) is 22.0. The molecule has 0 saturated heterocycles. The molecule has 6 aromatic heterocycles. The summed E-state index contributed by atoms with van der Waals surface area (Å²) < 4.78 is 30.9. The van der Waals surface area contributed by atoms with Gasteiger partial charge in [-0.25, -0.2) is 29.9 Å². The van der Waals surface area contributed by atoms with Gasteiger partial charge in [-0.15, -0.1) is 0 Å². The van der Waals surface area contributed by atoms with Gasteiger partial charge in [0.15, 0.2) is 0 Å². The molecule has 3 aliphatic heterocycles. The third-order valence-corrected chi connectivity index (χ3v) is 10.3. The number of nitrogens with zero attached hydrogens (tertiary/aromatic N) is 9. The van der Waals surface area contributed by atoms with Crippen molar-refractivity contribution in [2.45, 2.75) is 99.8 Å². The number of aryl methyl sites for hydroxylation is 3. The summed E-state index contributed by atoms with van der Waals surface area (Å²) in [5, 5.41) is 17.3. The Kier molecular flexibility index (Phi) is 18.6. The van der Waals surface area contributed by atoms with Crippen molar-refractivity contribution in [3.63, 3.8) is 0 Å². The number of fused-ring (bicyclic) bond motifs is 3. The Balaban J connectivity index is 0.000000216. The van der Waals surface area contributed by atoms with E-state index >= 15 is 0 Å². The van der Waals surface area contributed by atoms with Crippen molar-refractivity contribution < 1.29 is 28.5 Å². The van der Waals surface area contributed by atoms with E-state index in [0.717, 1.165) is 38.1 Å². The van der Waals surface area contributed by atoms with E-state index in [1.165, 1.54) is 53.2 Å². The first kappa shape index (κ1) is 56.1. The first-order valence-electron chi connectivity index (χ1n) is 22.0. The van der Waals surface area contributed by atoms with Crippen molar-refractivity contribution in [3.05, 3.63) is 139 Å². The van der Waals surface area contributed by atoms with Crippen LogP contribution in [0.2, 0.25) is 20.5 Å². The van der Waals surface area contributed by atoms with Gasteiger partial charge in [-0.05, 0) is 115 Å². The Morgan fingerprint density at radius 1 is 0.444 bits per heavy atom. The Labute approximate surface area is 415 Å². The van der Waals surface area contributed by atoms with Crippen LogP contribution < -0.4 is 48.6 Å². The van der Waals surface area contributed by atoms with E-state index < -0.39 is 17.0 Å². The topological polar surface area (TPSA) is 318 Å². The second-order valence-corrected chi connectivity index (χ2v) is 17.1. The maximum atomic E-state index is 12.6. The number of nitrogens with one attached hydrogen (secondary N) is 6. The zero-order valence-corrected chi connectivity index (χ0v) is 41.9. The average Bonchev–Trinajstić information content (AvgIpc) is 3.83. The molecular weight excluding hydrogens is 927 g/mol. The quantitative estimate of drug-likeness (QED) is 0.130. The predicted molar refractivity (Wildman–Crippen MR) is 270 cm³/mol. The van der Waals surface area contributed by atoms with Gasteiger partial charge in [0, 0.05) is 18.6 Å². The molecule has 372 valence electrons. The largest absolute Gasteiger partial charge is 0.336 e. The molecule has 0 unspecified atom stereocenters. The minimum atomic E-state index is -0.752. The predicted octanol–water partition coefficient (Wildman–Crippen LogP) is 3.63. The van der Waals surface area contributed by atoms with Crippen LogP contribution in [-0.2, 0) is 31.1 Å². The van der Waals surface area contributed by atoms with Crippen LogP contribution in [-0.4, -0.2) is 82.8 Å². The van der Waals surface area contributed by atoms with Gasteiger partial charge < -0.3 is 31.9 Å². The molecule has 0 spiro atoms. The molecule has 0 saturated carbocycles. The minimum Gasteiger partial charge on any atom is -0.336 e. The van der Waals surface area contributed by atoms with E-state index in [1.54, 1.807) is 117 Å². The van der Waals surface area contributed by atoms with E-state index in [-0.39, 0.29) is 34.4 Å². The van der Waals surface area contributed by atoms with Crippen LogP contribution in [0.4, 0.5) is 34.5 Å². The van der Waals surface area contributed by atoms with Crippen LogP contribution in [0, 0.1) is 20.8 Å². The summed E-state index contributed by atoms with van der Waals surface area (Å²) in [6.45, 7) is 20.5. The normalized spacial score (nSPS) is 13.9. The summed E-state index contributed by atoms with van der Waals surface area (Å²) in [4.78, 5) is 97.6. The molecule has 0 bridgehead atoms. The van der Waals surface area contributed by atoms with Crippen molar-refractivity contribution in [1.29, 1.82) is 0 Å². The smallest absolute Gasteiger partial charge is 0.276 e. The molecule has 72 heavy (non-hydrogen) atoms. The second-order valence-electron chi connectivity index (χ2n) is 17.1. The number of hydrogen-bond acceptors (Lipinski definition) is 18. The molecule has 9 rings (SSSR count). The van der Waals surface area contributed by atoms with Gasteiger partial charge in [-0.1, -0.05) is 0 Å². The van der Waals surface area contributed by atoms with Crippen molar-refractivity contribution in [1.82, 2.24) is 59.6 Å². The van der Waals surface area contributed by atoms with Crippen LogP contribution >= 0.6 is 0 Å². The third-order valence-electron chi connectivity index (χ3n) is 10.3. The fraction of sp³-hybridized carbons (Fsp3) is 0.333. The fourth-order valence-electron chi connectivity index (χ4n) is 7.63. The summed E-state index contributed by atoms with van der Waals surface area (Å²) in [5.41, 5.74) is 1.46. The number of carbonyl (C=O) groups is 3. The van der Waals surface area contributed by atoms with Crippen LogP contribution in [0.1, 0.15) is 89.7 Å². The van der Waals surface area contributed by atoms with Gasteiger partial charge in [-0.3, -0.25) is 42.5 Å². The van der Waals surface area contributed by atoms with E-state index in [2.05, 4.69) is 61.8 Å². The van der Waals surface area contributed by atoms with Crippen LogP contribution in [0.15, 0.2) is 88.4 Å². The van der Waals surface area contributed by atoms with E-state index in [1.807, 2.05) is 0 Å². The number of carbonyl (C=O) groups excluding carboxylic acids is 3. The van der Waals surface area contributed by atoms with Crippen LogP contribution in [0.5, 0.6) is 0 Å². The summed E-state index contributed by atoms with van der Waals surface area (Å²) >= 11 is 0. The van der Waals surface area contributed by atoms with Gasteiger partial charge in [0.2, 0.25) is 0 Å². The summed E-state index contributed by atoms with van der Waals surface area (Å²) in [5.74, 6) is 0.876. The molecule has 3 aliphatic rings. The Hall–Kier alpha value is -8.51. The Morgan fingerprint density at radius 3 is 0.861 bits per heavy atom. The van der Waals surface area contributed by atoms with Crippen molar-refractivity contribution in [3.8, 4) is 0 Å². The standard InChI is InChI=1S/3C14H15N5O2.3CH3BO/c3*1-8-6-9(17-10-4-5-15-7-16-10)13(21)19-11(8)12(20)18-14(19,2)3;3*1-2-3/h3*4-7H,1-3H3,(H,18,20)(H,15,16,17);3*1H3. The van der Waals surface area contributed by atoms with Gasteiger partial charge in [0.25, 0.3) is 34.4 Å². The molecule has 24 nitrogen and oxygen atoms in total. The molecule has 0 radical (unpaired) electrons. The van der Waals surface area contributed by atoms with Crippen molar-refractivity contribution in [2.75, 3.05) is 16.0 Å². The Bertz CT molecular complexity index is 2830. The number of anilines is 6. The number of aromatic nitrogens is 9. The summed E-state index contributed by atoms with van der Waals surface area (Å²) in [6, 6.07) is 10.00. The van der Waals surface area contributed by atoms with Crippen LogP contribution in [0.25, 0.3) is 0 Å². The zero-order chi connectivity index (χ0) is 53.7. The summed E-state index contributed by atoms with van der Waals surface area (Å²) in [7, 11) is 2.25. The molecule has 0 aliphatic carbocycles. The molecular formula is C45H54B3N15O9. The molecule has 0 fully saturated rings. The second kappa shape index (κ2) is 23.9. The van der Waals surface area contributed by atoms with E-state index in [4.69, 9.17) is 14.1 Å². The average molecular weight is 981 g/mol. The van der Waals surface area contributed by atoms with Crippen molar-refractivity contribution >= 4 is 73.7 Å². The maximum Gasteiger partial charge on any atom is 0.276 e. The monoisotopic (exact) mass is 981 g/mol. The molecule has 27 heteroatoms. The van der Waals surface area contributed by atoms with E-state index in [9.17, 15) is 28.8 Å². The third kappa shape index (κ3) is 12.8. The zero-order valence-electron chi connectivity index (χ0n) is 41.9. The number of hydrogen-bond donors (Lipinski definition) is 6. The fourth-order valence-corrected chi connectivity index (χ4v) is 7.63. The molecule has 3 amide bonds. The van der Waals surface area contributed by atoms with Crippen molar-refractivity contribution in [2.24, 2.45) is 0 Å². The minimum absolute atomic E-state index is 0.233. The maximum absolute atomic E-state index is 12.6. The summed E-state index contributed by atoms with van der Waals surface area (Å²) in [6.07, 6.45) is 8.95. The molecule has 0 aromatic carbocycles.